The van der Waals surface area contributed by atoms with Crippen molar-refractivity contribution in [1.82, 2.24) is 20.0 Å². The van der Waals surface area contributed by atoms with Gasteiger partial charge in [-0.25, -0.2) is 8.42 Å². The van der Waals surface area contributed by atoms with Crippen LogP contribution >= 0.6 is 0 Å². The largest absolute Gasteiger partial charge is 0.379 e. The number of H-pyrrole nitrogens is 1. The lowest BCUT2D eigenvalue weighted by Crippen LogP contribution is -2.24. The lowest BCUT2D eigenvalue weighted by Gasteiger charge is -2.13. The molecule has 1 aliphatic heterocycles. The first kappa shape index (κ1) is 15.5. The molecule has 0 unspecified atom stereocenters. The van der Waals surface area contributed by atoms with Gasteiger partial charge in [0.15, 0.2) is 5.75 Å². The van der Waals surface area contributed by atoms with Gasteiger partial charge in [-0.3, -0.25) is 9.89 Å². The van der Waals surface area contributed by atoms with Crippen LogP contribution in [0.3, 0.4) is 0 Å². The highest BCUT2D eigenvalue weighted by Gasteiger charge is 2.31. The maximum absolute atomic E-state index is 11.7. The Kier molecular flexibility index (Phi) is 3.82. The van der Waals surface area contributed by atoms with Crippen LogP contribution in [0.25, 0.3) is 11.3 Å². The summed E-state index contributed by atoms with van der Waals surface area (Å²) in [5.41, 5.74) is 5.18. The van der Waals surface area contributed by atoms with Gasteiger partial charge in [-0.05, 0) is 12.1 Å². The molecule has 2 aromatic rings. The standard InChI is InChI=1S/C14H16N4O4S/c1-9(19)17-22-13-6-4-3-5-10(13)14-11-7-18(23(2,20)21)8-12(11)15-16-14/h3-6H,7-8H2,1-2H3,(H,15,16)(H,17,19). The van der Waals surface area contributed by atoms with Crippen LogP contribution in [-0.4, -0.2) is 35.1 Å². The molecule has 0 spiro atoms. The predicted octanol–water partition coefficient (Wildman–Crippen LogP) is 0.782. The van der Waals surface area contributed by atoms with E-state index in [1.807, 2.05) is 12.1 Å². The Morgan fingerprint density at radius 2 is 2.09 bits per heavy atom. The highest BCUT2D eigenvalue weighted by molar-refractivity contribution is 7.88. The van der Waals surface area contributed by atoms with E-state index in [0.29, 0.717) is 22.7 Å². The van der Waals surface area contributed by atoms with Crippen molar-refractivity contribution in [3.8, 4) is 17.0 Å². The first-order chi connectivity index (χ1) is 10.9. The number of benzene rings is 1. The summed E-state index contributed by atoms with van der Waals surface area (Å²) < 4.78 is 24.8. The minimum absolute atomic E-state index is 0.249. The summed E-state index contributed by atoms with van der Waals surface area (Å²) in [4.78, 5) is 16.3. The molecule has 2 N–H and O–H groups in total. The highest BCUT2D eigenvalue weighted by Crippen LogP contribution is 2.35. The molecule has 1 amide bonds. The van der Waals surface area contributed by atoms with Gasteiger partial charge in [0.25, 0.3) is 0 Å². The molecule has 8 nitrogen and oxygen atoms in total. The van der Waals surface area contributed by atoms with E-state index in [-0.39, 0.29) is 19.0 Å². The zero-order valence-electron chi connectivity index (χ0n) is 12.7. The fraction of sp³-hybridized carbons (Fsp3) is 0.286. The maximum atomic E-state index is 11.7. The third kappa shape index (κ3) is 3.06. The van der Waals surface area contributed by atoms with Gasteiger partial charge in [-0.15, -0.1) is 0 Å². The molecule has 3 rings (SSSR count). The summed E-state index contributed by atoms with van der Waals surface area (Å²) in [7, 11) is -3.28. The van der Waals surface area contributed by atoms with Crippen molar-refractivity contribution < 1.29 is 18.0 Å². The lowest BCUT2D eigenvalue weighted by molar-refractivity contribution is -0.125. The zero-order chi connectivity index (χ0) is 16.6. The van der Waals surface area contributed by atoms with Crippen LogP contribution in [-0.2, 0) is 27.9 Å². The minimum Gasteiger partial charge on any atom is -0.379 e. The van der Waals surface area contributed by atoms with Gasteiger partial charge in [0.2, 0.25) is 15.9 Å². The van der Waals surface area contributed by atoms with Gasteiger partial charge < -0.3 is 4.84 Å². The molecule has 0 fully saturated rings. The van der Waals surface area contributed by atoms with Gasteiger partial charge in [0.05, 0.1) is 24.2 Å². The van der Waals surface area contributed by atoms with Crippen molar-refractivity contribution in [1.29, 1.82) is 0 Å². The molecule has 2 heterocycles. The number of rotatable bonds is 4. The van der Waals surface area contributed by atoms with Crippen molar-refractivity contribution in [3.63, 3.8) is 0 Å². The van der Waals surface area contributed by atoms with Crippen LogP contribution < -0.4 is 10.3 Å². The number of carbonyl (C=O) groups excluding carboxylic acids is 1. The molecule has 0 radical (unpaired) electrons. The number of hydroxylamine groups is 1. The van der Waals surface area contributed by atoms with Crippen molar-refractivity contribution in [3.05, 3.63) is 35.5 Å². The van der Waals surface area contributed by atoms with E-state index >= 15 is 0 Å². The Hall–Kier alpha value is -2.39. The second kappa shape index (κ2) is 5.67. The normalized spacial score (nSPS) is 14.5. The van der Waals surface area contributed by atoms with Crippen molar-refractivity contribution in [2.75, 3.05) is 6.26 Å². The topological polar surface area (TPSA) is 104 Å². The van der Waals surface area contributed by atoms with Crippen molar-refractivity contribution in [2.24, 2.45) is 0 Å². The number of para-hydroxylation sites is 1. The molecule has 1 aromatic carbocycles. The predicted molar refractivity (Wildman–Crippen MR) is 82.6 cm³/mol. The highest BCUT2D eigenvalue weighted by atomic mass is 32.2. The van der Waals surface area contributed by atoms with Gasteiger partial charge in [0, 0.05) is 24.6 Å². The van der Waals surface area contributed by atoms with E-state index in [4.69, 9.17) is 4.84 Å². The Labute approximate surface area is 133 Å². The first-order valence-electron chi connectivity index (χ1n) is 6.90. The number of amides is 1. The molecule has 9 heteroatoms. The number of hydrogen-bond donors (Lipinski definition) is 2. The SMILES string of the molecule is CC(=O)NOc1ccccc1-c1[nH]nc2c1CN(S(C)(=O)=O)C2. The smallest absolute Gasteiger partial charge is 0.249 e. The molecule has 122 valence electrons. The summed E-state index contributed by atoms with van der Waals surface area (Å²) >= 11 is 0. The van der Waals surface area contributed by atoms with E-state index in [2.05, 4.69) is 15.7 Å². The molecule has 1 aromatic heterocycles. The maximum Gasteiger partial charge on any atom is 0.249 e. The van der Waals surface area contributed by atoms with Gasteiger partial charge in [-0.1, -0.05) is 12.1 Å². The van der Waals surface area contributed by atoms with E-state index in [1.165, 1.54) is 17.5 Å². The number of nitrogens with one attached hydrogen (secondary N) is 2. The number of hydrogen-bond acceptors (Lipinski definition) is 5. The van der Waals surface area contributed by atoms with Crippen LogP contribution in [0.5, 0.6) is 5.75 Å². The van der Waals surface area contributed by atoms with E-state index < -0.39 is 10.0 Å². The third-order valence-corrected chi connectivity index (χ3v) is 4.74. The van der Waals surface area contributed by atoms with E-state index in [9.17, 15) is 13.2 Å². The van der Waals surface area contributed by atoms with Gasteiger partial charge >= 0.3 is 0 Å². The number of fused-ring (bicyclic) bond motifs is 1. The van der Waals surface area contributed by atoms with Crippen LogP contribution in [0.1, 0.15) is 18.2 Å². The second-order valence-corrected chi connectivity index (χ2v) is 7.29. The van der Waals surface area contributed by atoms with Gasteiger partial charge in [-0.2, -0.15) is 14.9 Å². The number of nitrogens with zero attached hydrogens (tertiary/aromatic N) is 2. The van der Waals surface area contributed by atoms with E-state index in [0.717, 1.165) is 5.56 Å². The Morgan fingerprint density at radius 1 is 1.35 bits per heavy atom. The summed E-state index contributed by atoms with van der Waals surface area (Å²) in [5.74, 6) is 0.129. The van der Waals surface area contributed by atoms with Crippen LogP contribution in [0.2, 0.25) is 0 Å². The summed E-state index contributed by atoms with van der Waals surface area (Å²) in [6.07, 6.45) is 1.18. The fourth-order valence-electron chi connectivity index (χ4n) is 2.45. The summed E-state index contributed by atoms with van der Waals surface area (Å²) in [6.45, 7) is 1.86. The van der Waals surface area contributed by atoms with Crippen molar-refractivity contribution in [2.45, 2.75) is 20.0 Å². The number of aromatic amines is 1. The molecular weight excluding hydrogens is 320 g/mol. The third-order valence-electron chi connectivity index (χ3n) is 3.54. The molecule has 0 saturated carbocycles. The van der Waals surface area contributed by atoms with Gasteiger partial charge in [0.1, 0.15) is 0 Å². The number of aromatic nitrogens is 2. The van der Waals surface area contributed by atoms with Crippen molar-refractivity contribution >= 4 is 15.9 Å². The molecule has 0 bridgehead atoms. The molecule has 0 atom stereocenters. The number of carbonyl (C=O) groups is 1. The number of sulfonamides is 1. The minimum atomic E-state index is -3.28. The summed E-state index contributed by atoms with van der Waals surface area (Å²) in [5, 5.41) is 7.13. The molecule has 23 heavy (non-hydrogen) atoms. The van der Waals surface area contributed by atoms with E-state index in [1.54, 1.807) is 12.1 Å². The fourth-order valence-corrected chi connectivity index (χ4v) is 3.17. The average Bonchev–Trinajstić information content (AvgIpc) is 3.05. The van der Waals surface area contributed by atoms with Crippen LogP contribution in [0.4, 0.5) is 0 Å². The Balaban J connectivity index is 1.96. The lowest BCUT2D eigenvalue weighted by atomic mass is 10.1. The average molecular weight is 336 g/mol. The first-order valence-corrected chi connectivity index (χ1v) is 8.75. The van der Waals surface area contributed by atoms with Crippen LogP contribution in [0, 0.1) is 0 Å². The monoisotopic (exact) mass is 336 g/mol. The zero-order valence-corrected chi connectivity index (χ0v) is 13.5. The quantitative estimate of drug-likeness (QED) is 0.803. The summed E-state index contributed by atoms with van der Waals surface area (Å²) in [6, 6.07) is 7.13. The molecular formula is C14H16N4O4S. The second-order valence-electron chi connectivity index (χ2n) is 5.31. The molecule has 1 aliphatic rings. The Bertz CT molecular complexity index is 859. The molecule has 0 saturated heterocycles. The Morgan fingerprint density at radius 3 is 2.78 bits per heavy atom. The molecule has 0 aliphatic carbocycles. The van der Waals surface area contributed by atoms with Crippen LogP contribution in [0.15, 0.2) is 24.3 Å².